The van der Waals surface area contributed by atoms with Gasteiger partial charge in [-0.1, -0.05) is 54.6 Å². The molecule has 5 nitrogen and oxygen atoms in total. The van der Waals surface area contributed by atoms with Gasteiger partial charge in [-0.3, -0.25) is 4.79 Å². The first-order valence-corrected chi connectivity index (χ1v) is 9.15. The summed E-state index contributed by atoms with van der Waals surface area (Å²) in [5.41, 5.74) is 6.24. The average Bonchev–Trinajstić information content (AvgIpc) is 3.23. The predicted molar refractivity (Wildman–Crippen MR) is 108 cm³/mol. The van der Waals surface area contributed by atoms with Crippen LogP contribution in [0.1, 0.15) is 27.0 Å². The lowest BCUT2D eigenvalue weighted by molar-refractivity contribution is 0.0954. The van der Waals surface area contributed by atoms with Crippen LogP contribution in [-0.4, -0.2) is 18.9 Å². The van der Waals surface area contributed by atoms with Gasteiger partial charge in [0.25, 0.3) is 5.91 Å². The number of nitrogens with one attached hydrogen (secondary N) is 1. The van der Waals surface area contributed by atoms with E-state index in [1.54, 1.807) is 6.21 Å². The zero-order chi connectivity index (χ0) is 19.2. The van der Waals surface area contributed by atoms with Crippen molar-refractivity contribution >= 4 is 12.1 Å². The fraction of sp³-hybridized carbons (Fsp3) is 0.130. The Morgan fingerprint density at radius 1 is 0.929 bits per heavy atom. The monoisotopic (exact) mass is 372 g/mol. The predicted octanol–water partition coefficient (Wildman–Crippen LogP) is 3.96. The Morgan fingerprint density at radius 2 is 1.75 bits per heavy atom. The summed E-state index contributed by atoms with van der Waals surface area (Å²) in [5.74, 6) is 1.09. The highest BCUT2D eigenvalue weighted by Crippen LogP contribution is 2.34. The number of aryl methyl sites for hydroxylation is 2. The largest absolute Gasteiger partial charge is 0.454 e. The minimum absolute atomic E-state index is 0.196. The third kappa shape index (κ3) is 4.04. The minimum atomic E-state index is -0.232. The van der Waals surface area contributed by atoms with Crippen LogP contribution < -0.4 is 14.9 Å². The van der Waals surface area contributed by atoms with E-state index >= 15 is 0 Å². The standard InChI is InChI=1S/C23H20N2O3/c26-23(25-24-15-19-10-6-12-21-22(19)28-16-27-21)20-11-5-4-9-18(20)14-13-17-7-2-1-3-8-17/h1-12,15H,13-14,16H2,(H,25,26)/b24-15+. The first-order valence-electron chi connectivity index (χ1n) is 9.15. The Labute approximate surface area is 163 Å². The van der Waals surface area contributed by atoms with Crippen molar-refractivity contribution in [1.82, 2.24) is 5.43 Å². The van der Waals surface area contributed by atoms with Gasteiger partial charge in [0.15, 0.2) is 11.5 Å². The van der Waals surface area contributed by atoms with E-state index in [-0.39, 0.29) is 12.7 Å². The van der Waals surface area contributed by atoms with Crippen LogP contribution in [0, 0.1) is 0 Å². The molecule has 0 saturated carbocycles. The molecule has 5 heteroatoms. The van der Waals surface area contributed by atoms with Gasteiger partial charge < -0.3 is 9.47 Å². The second kappa shape index (κ2) is 8.39. The van der Waals surface area contributed by atoms with E-state index in [0.717, 1.165) is 24.0 Å². The molecule has 1 aliphatic heterocycles. The highest BCUT2D eigenvalue weighted by atomic mass is 16.7. The molecule has 0 unspecified atom stereocenters. The molecular formula is C23H20N2O3. The third-order valence-corrected chi connectivity index (χ3v) is 4.58. The van der Waals surface area contributed by atoms with Gasteiger partial charge in [-0.05, 0) is 42.2 Å². The fourth-order valence-corrected chi connectivity index (χ4v) is 3.16. The van der Waals surface area contributed by atoms with Crippen LogP contribution in [0.15, 0.2) is 77.9 Å². The van der Waals surface area contributed by atoms with Crippen LogP contribution >= 0.6 is 0 Å². The van der Waals surface area contributed by atoms with E-state index in [9.17, 15) is 4.79 Å². The van der Waals surface area contributed by atoms with Crippen molar-refractivity contribution in [1.29, 1.82) is 0 Å². The number of carbonyl (C=O) groups excluding carboxylic acids is 1. The lowest BCUT2D eigenvalue weighted by Gasteiger charge is -2.08. The van der Waals surface area contributed by atoms with Crippen molar-refractivity contribution in [2.45, 2.75) is 12.8 Å². The van der Waals surface area contributed by atoms with Gasteiger partial charge in [-0.2, -0.15) is 5.10 Å². The Morgan fingerprint density at radius 3 is 2.64 bits per heavy atom. The summed E-state index contributed by atoms with van der Waals surface area (Å²) >= 11 is 0. The zero-order valence-electron chi connectivity index (χ0n) is 15.3. The molecule has 0 atom stereocenters. The molecule has 3 aromatic rings. The average molecular weight is 372 g/mol. The van der Waals surface area contributed by atoms with Gasteiger partial charge in [0, 0.05) is 11.1 Å². The molecule has 0 aromatic heterocycles. The number of fused-ring (bicyclic) bond motifs is 1. The second-order valence-corrected chi connectivity index (χ2v) is 6.42. The number of nitrogens with zero attached hydrogens (tertiary/aromatic N) is 1. The van der Waals surface area contributed by atoms with E-state index in [4.69, 9.17) is 9.47 Å². The molecule has 0 aliphatic carbocycles. The molecule has 0 radical (unpaired) electrons. The molecule has 1 amide bonds. The minimum Gasteiger partial charge on any atom is -0.454 e. The number of hydrogen-bond donors (Lipinski definition) is 1. The number of benzene rings is 3. The van der Waals surface area contributed by atoms with Crippen LogP contribution in [0.25, 0.3) is 0 Å². The normalized spacial score (nSPS) is 12.3. The number of rotatable bonds is 6. The van der Waals surface area contributed by atoms with Crippen molar-refractivity contribution < 1.29 is 14.3 Å². The Bertz CT molecular complexity index is 1000. The third-order valence-electron chi connectivity index (χ3n) is 4.58. The molecule has 1 heterocycles. The molecule has 0 spiro atoms. The second-order valence-electron chi connectivity index (χ2n) is 6.42. The molecule has 0 fully saturated rings. The lowest BCUT2D eigenvalue weighted by Crippen LogP contribution is -2.19. The summed E-state index contributed by atoms with van der Waals surface area (Å²) in [6.45, 7) is 0.196. The lowest BCUT2D eigenvalue weighted by atomic mass is 9.99. The number of hydrogen-bond acceptors (Lipinski definition) is 4. The summed E-state index contributed by atoms with van der Waals surface area (Å²) in [5, 5.41) is 4.09. The number of ether oxygens (including phenoxy) is 2. The number of para-hydroxylation sites is 1. The van der Waals surface area contributed by atoms with Crippen molar-refractivity contribution in [3.63, 3.8) is 0 Å². The highest BCUT2D eigenvalue weighted by molar-refractivity contribution is 5.96. The maximum Gasteiger partial charge on any atom is 0.271 e. The van der Waals surface area contributed by atoms with Crippen LogP contribution in [0.3, 0.4) is 0 Å². The van der Waals surface area contributed by atoms with E-state index < -0.39 is 0 Å². The van der Waals surface area contributed by atoms with Crippen LogP contribution in [-0.2, 0) is 12.8 Å². The summed E-state index contributed by atoms with van der Waals surface area (Å²) in [6.07, 6.45) is 3.23. The van der Waals surface area contributed by atoms with E-state index in [1.165, 1.54) is 5.56 Å². The summed E-state index contributed by atoms with van der Waals surface area (Å²) in [4.78, 5) is 12.6. The molecule has 0 bridgehead atoms. The summed E-state index contributed by atoms with van der Waals surface area (Å²) in [7, 11) is 0. The van der Waals surface area contributed by atoms with Gasteiger partial charge in [-0.25, -0.2) is 5.43 Å². The molecule has 4 rings (SSSR count). The Balaban J connectivity index is 1.43. The van der Waals surface area contributed by atoms with Crippen LogP contribution in [0.2, 0.25) is 0 Å². The smallest absolute Gasteiger partial charge is 0.271 e. The number of hydrazone groups is 1. The van der Waals surface area contributed by atoms with E-state index in [0.29, 0.717) is 17.1 Å². The van der Waals surface area contributed by atoms with Crippen molar-refractivity contribution in [3.05, 3.63) is 95.1 Å². The fourth-order valence-electron chi connectivity index (χ4n) is 3.16. The van der Waals surface area contributed by atoms with Crippen LogP contribution in [0.5, 0.6) is 11.5 Å². The Kier molecular flexibility index (Phi) is 5.33. The first-order chi connectivity index (χ1) is 13.8. The number of amides is 1. The zero-order valence-corrected chi connectivity index (χ0v) is 15.3. The molecular weight excluding hydrogens is 352 g/mol. The maximum atomic E-state index is 12.6. The van der Waals surface area contributed by atoms with Gasteiger partial charge in [0.2, 0.25) is 6.79 Å². The van der Waals surface area contributed by atoms with Gasteiger partial charge in [0.05, 0.1) is 6.21 Å². The van der Waals surface area contributed by atoms with Crippen molar-refractivity contribution in [2.24, 2.45) is 5.10 Å². The SMILES string of the molecule is O=C(N/N=C/c1cccc2c1OCO2)c1ccccc1CCc1ccccc1. The van der Waals surface area contributed by atoms with Crippen LogP contribution in [0.4, 0.5) is 0 Å². The van der Waals surface area contributed by atoms with E-state index in [1.807, 2.05) is 60.7 Å². The topological polar surface area (TPSA) is 59.9 Å². The van der Waals surface area contributed by atoms with Gasteiger partial charge in [0.1, 0.15) is 0 Å². The summed E-state index contributed by atoms with van der Waals surface area (Å²) < 4.78 is 10.8. The van der Waals surface area contributed by atoms with E-state index in [2.05, 4.69) is 22.7 Å². The molecule has 28 heavy (non-hydrogen) atoms. The first kappa shape index (κ1) is 17.8. The van der Waals surface area contributed by atoms with Crippen molar-refractivity contribution in [3.8, 4) is 11.5 Å². The van der Waals surface area contributed by atoms with Crippen molar-refractivity contribution in [2.75, 3.05) is 6.79 Å². The molecule has 1 N–H and O–H groups in total. The highest BCUT2D eigenvalue weighted by Gasteiger charge is 2.16. The number of carbonyl (C=O) groups is 1. The molecule has 3 aromatic carbocycles. The van der Waals surface area contributed by atoms with Gasteiger partial charge >= 0.3 is 0 Å². The quantitative estimate of drug-likeness (QED) is 0.526. The maximum absolute atomic E-state index is 12.6. The molecule has 140 valence electrons. The molecule has 0 saturated heterocycles. The summed E-state index contributed by atoms with van der Waals surface area (Å²) in [6, 6.07) is 23.4. The molecule has 1 aliphatic rings. The van der Waals surface area contributed by atoms with Gasteiger partial charge in [-0.15, -0.1) is 0 Å². The Hall–Kier alpha value is -3.60.